The number of guanidine groups is 1. The first-order valence-corrected chi connectivity index (χ1v) is 11.3. The Hall–Kier alpha value is -2.34. The van der Waals surface area contributed by atoms with Crippen LogP contribution in [0, 0.1) is 6.92 Å². The van der Waals surface area contributed by atoms with Gasteiger partial charge in [0.1, 0.15) is 5.82 Å². The van der Waals surface area contributed by atoms with Gasteiger partial charge in [-0.25, -0.2) is 9.98 Å². The van der Waals surface area contributed by atoms with Crippen molar-refractivity contribution in [2.75, 3.05) is 26.2 Å². The normalized spacial score (nSPS) is 15.9. The average molecular weight is 411 g/mol. The van der Waals surface area contributed by atoms with Gasteiger partial charge in [-0.15, -0.1) is 0 Å². The number of nitrogens with zero attached hydrogens (tertiary/aromatic N) is 4. The predicted octanol–water partition coefficient (Wildman–Crippen LogP) is 3.56. The van der Waals surface area contributed by atoms with E-state index in [4.69, 9.17) is 4.99 Å². The Balaban J connectivity index is 1.60. The van der Waals surface area contributed by atoms with Crippen molar-refractivity contribution in [1.82, 2.24) is 25.1 Å². The predicted molar refractivity (Wildman–Crippen MR) is 125 cm³/mol. The van der Waals surface area contributed by atoms with Gasteiger partial charge in [-0.2, -0.15) is 0 Å². The third kappa shape index (κ3) is 6.33. The summed E-state index contributed by atoms with van der Waals surface area (Å²) in [6, 6.07) is 8.67. The van der Waals surface area contributed by atoms with E-state index in [9.17, 15) is 0 Å². The highest BCUT2D eigenvalue weighted by Gasteiger charge is 2.27. The number of imidazole rings is 1. The van der Waals surface area contributed by atoms with E-state index in [-0.39, 0.29) is 5.54 Å². The molecule has 6 heteroatoms. The third-order valence-corrected chi connectivity index (χ3v) is 5.93. The number of aromatic nitrogens is 2. The average Bonchev–Trinajstić information content (AvgIpc) is 3.15. The van der Waals surface area contributed by atoms with Gasteiger partial charge in [0.05, 0.1) is 6.54 Å². The van der Waals surface area contributed by atoms with E-state index in [2.05, 4.69) is 70.1 Å². The van der Waals surface area contributed by atoms with Crippen LogP contribution in [0.2, 0.25) is 0 Å². The molecule has 0 spiro atoms. The van der Waals surface area contributed by atoms with Crippen LogP contribution in [0.4, 0.5) is 0 Å². The quantitative estimate of drug-likeness (QED) is 0.516. The highest BCUT2D eigenvalue weighted by molar-refractivity contribution is 5.79. The molecule has 0 atom stereocenters. The van der Waals surface area contributed by atoms with Crippen molar-refractivity contribution >= 4 is 5.96 Å². The molecule has 2 aromatic rings. The topological polar surface area (TPSA) is 57.5 Å². The molecule has 164 valence electrons. The highest BCUT2D eigenvalue weighted by atomic mass is 15.2. The number of benzene rings is 1. The Labute approximate surface area is 181 Å². The van der Waals surface area contributed by atoms with Crippen LogP contribution in [0.1, 0.15) is 57.0 Å². The van der Waals surface area contributed by atoms with Gasteiger partial charge < -0.3 is 15.2 Å². The second kappa shape index (κ2) is 10.6. The largest absolute Gasteiger partial charge is 0.357 e. The lowest BCUT2D eigenvalue weighted by molar-refractivity contribution is 0.0982. The van der Waals surface area contributed by atoms with Gasteiger partial charge in [0, 0.05) is 37.6 Å². The summed E-state index contributed by atoms with van der Waals surface area (Å²) in [6.07, 6.45) is 7.86. The van der Waals surface area contributed by atoms with Crippen LogP contribution in [0.3, 0.4) is 0 Å². The van der Waals surface area contributed by atoms with Gasteiger partial charge >= 0.3 is 0 Å². The molecule has 0 saturated carbocycles. The number of hydrogen-bond acceptors (Lipinski definition) is 3. The van der Waals surface area contributed by atoms with Crippen molar-refractivity contribution < 1.29 is 0 Å². The lowest BCUT2D eigenvalue weighted by Gasteiger charge is -2.41. The monoisotopic (exact) mass is 410 g/mol. The first kappa shape index (κ1) is 22.3. The van der Waals surface area contributed by atoms with E-state index in [1.54, 1.807) is 0 Å². The number of hydrogen-bond donors (Lipinski definition) is 2. The van der Waals surface area contributed by atoms with E-state index in [1.807, 2.05) is 19.3 Å². The number of aryl methyl sites for hydroxylation is 1. The fourth-order valence-electron chi connectivity index (χ4n) is 4.02. The molecule has 0 bridgehead atoms. The van der Waals surface area contributed by atoms with Crippen LogP contribution in [0.25, 0.3) is 0 Å². The van der Waals surface area contributed by atoms with Crippen molar-refractivity contribution in [1.29, 1.82) is 0 Å². The summed E-state index contributed by atoms with van der Waals surface area (Å²) in [6.45, 7) is 14.5. The molecule has 1 fully saturated rings. The summed E-state index contributed by atoms with van der Waals surface area (Å²) in [7, 11) is 0. The van der Waals surface area contributed by atoms with Crippen molar-refractivity contribution in [3.63, 3.8) is 0 Å². The van der Waals surface area contributed by atoms with E-state index in [0.29, 0.717) is 6.54 Å². The molecular formula is C24H38N6. The molecular weight excluding hydrogens is 372 g/mol. The molecule has 1 saturated heterocycles. The molecule has 6 nitrogen and oxygen atoms in total. The fraction of sp³-hybridized carbons (Fsp3) is 0.583. The molecule has 0 radical (unpaired) electrons. The molecule has 0 unspecified atom stereocenters. The maximum Gasteiger partial charge on any atom is 0.191 e. The highest BCUT2D eigenvalue weighted by Crippen LogP contribution is 2.19. The van der Waals surface area contributed by atoms with E-state index < -0.39 is 0 Å². The molecule has 0 amide bonds. The van der Waals surface area contributed by atoms with Crippen molar-refractivity contribution in [2.45, 2.75) is 65.6 Å². The van der Waals surface area contributed by atoms with E-state index in [1.165, 1.54) is 43.5 Å². The van der Waals surface area contributed by atoms with E-state index >= 15 is 0 Å². The van der Waals surface area contributed by atoms with Crippen LogP contribution in [0.15, 0.2) is 41.7 Å². The Bertz CT molecular complexity index is 817. The van der Waals surface area contributed by atoms with Gasteiger partial charge in [0.25, 0.3) is 0 Å². The summed E-state index contributed by atoms with van der Waals surface area (Å²) in [4.78, 5) is 11.8. The lowest BCUT2D eigenvalue weighted by atomic mass is 9.98. The molecule has 0 aliphatic carbocycles. The molecule has 2 heterocycles. The zero-order valence-corrected chi connectivity index (χ0v) is 19.1. The minimum Gasteiger partial charge on any atom is -0.357 e. The Morgan fingerprint density at radius 1 is 1.13 bits per heavy atom. The minimum absolute atomic E-state index is 0.124. The molecule has 3 rings (SSSR count). The summed E-state index contributed by atoms with van der Waals surface area (Å²) in [5, 5.41) is 6.97. The van der Waals surface area contributed by atoms with Gasteiger partial charge in [-0.3, -0.25) is 4.90 Å². The van der Waals surface area contributed by atoms with Crippen molar-refractivity contribution in [2.24, 2.45) is 4.99 Å². The summed E-state index contributed by atoms with van der Waals surface area (Å²) >= 11 is 0. The first-order valence-electron chi connectivity index (χ1n) is 11.3. The van der Waals surface area contributed by atoms with Gasteiger partial charge in [-0.05, 0) is 64.8 Å². The molecule has 30 heavy (non-hydrogen) atoms. The summed E-state index contributed by atoms with van der Waals surface area (Å²) < 4.78 is 2.16. The second-order valence-electron chi connectivity index (χ2n) is 8.83. The van der Waals surface area contributed by atoms with Crippen LogP contribution in [-0.2, 0) is 13.1 Å². The molecule has 1 aliphatic heterocycles. The number of piperidine rings is 1. The number of likely N-dealkylation sites (tertiary alicyclic amines) is 1. The molecule has 1 aromatic carbocycles. The zero-order chi connectivity index (χ0) is 21.4. The smallest absolute Gasteiger partial charge is 0.191 e. The third-order valence-electron chi connectivity index (χ3n) is 5.93. The first-order chi connectivity index (χ1) is 14.5. The zero-order valence-electron chi connectivity index (χ0n) is 19.1. The minimum atomic E-state index is 0.124. The van der Waals surface area contributed by atoms with E-state index in [0.717, 1.165) is 31.4 Å². The van der Waals surface area contributed by atoms with Crippen LogP contribution in [0.5, 0.6) is 0 Å². The van der Waals surface area contributed by atoms with Gasteiger partial charge in [0.15, 0.2) is 5.96 Å². The standard InChI is InChI=1S/C24H38N6/c1-5-25-23(28-19-24(3,4)30-13-7-6-8-14-30)27-17-21-10-9-11-22(16-21)18-29-15-12-26-20(29)2/h9-12,15-16H,5-8,13-14,17-19H2,1-4H3,(H2,25,27,28). The maximum absolute atomic E-state index is 4.84. The van der Waals surface area contributed by atoms with Crippen molar-refractivity contribution in [3.05, 3.63) is 53.6 Å². The second-order valence-corrected chi connectivity index (χ2v) is 8.83. The molecule has 2 N–H and O–H groups in total. The number of nitrogens with one attached hydrogen (secondary N) is 2. The Morgan fingerprint density at radius 3 is 2.60 bits per heavy atom. The number of aliphatic imine (C=N–C) groups is 1. The SMILES string of the molecule is CCNC(=NCc1cccc(Cn2ccnc2C)c1)NCC(C)(C)N1CCCCC1. The summed E-state index contributed by atoms with van der Waals surface area (Å²) in [5.74, 6) is 1.92. The Morgan fingerprint density at radius 2 is 1.90 bits per heavy atom. The Kier molecular flexibility index (Phi) is 7.91. The summed E-state index contributed by atoms with van der Waals surface area (Å²) in [5.41, 5.74) is 2.62. The molecule has 1 aliphatic rings. The van der Waals surface area contributed by atoms with Crippen molar-refractivity contribution in [3.8, 4) is 0 Å². The lowest BCUT2D eigenvalue weighted by Crippen LogP contribution is -2.54. The molecule has 1 aromatic heterocycles. The van der Waals surface area contributed by atoms with Crippen LogP contribution in [-0.4, -0.2) is 52.1 Å². The van der Waals surface area contributed by atoms with Crippen LogP contribution < -0.4 is 10.6 Å². The van der Waals surface area contributed by atoms with Crippen LogP contribution >= 0.6 is 0 Å². The van der Waals surface area contributed by atoms with Gasteiger partial charge in [-0.1, -0.05) is 30.7 Å². The maximum atomic E-state index is 4.84. The number of rotatable bonds is 8. The van der Waals surface area contributed by atoms with Gasteiger partial charge in [0.2, 0.25) is 0 Å². The fourth-order valence-corrected chi connectivity index (χ4v) is 4.02.